The molecule has 1 aromatic rings. The number of hydrogen-bond acceptors (Lipinski definition) is 4. The van der Waals surface area contributed by atoms with Gasteiger partial charge in [-0.25, -0.2) is 4.79 Å². The summed E-state index contributed by atoms with van der Waals surface area (Å²) in [7, 11) is 0. The van der Waals surface area contributed by atoms with Gasteiger partial charge in [0.2, 0.25) is 0 Å². The number of amides is 1. The normalized spacial score (nSPS) is 13.0. The molecule has 2 atom stereocenters. The van der Waals surface area contributed by atoms with Gasteiger partial charge in [0, 0.05) is 10.0 Å². The van der Waals surface area contributed by atoms with Gasteiger partial charge in [-0.05, 0) is 31.0 Å². The first-order valence-corrected chi connectivity index (χ1v) is 7.59. The smallest absolute Gasteiger partial charge is 0.326 e. The molecule has 0 aliphatic heterocycles. The molecule has 0 saturated heterocycles. The van der Waals surface area contributed by atoms with Crippen LogP contribution in [0.25, 0.3) is 0 Å². The summed E-state index contributed by atoms with van der Waals surface area (Å²) in [6.45, 7) is 3.48. The van der Waals surface area contributed by atoms with E-state index in [9.17, 15) is 19.5 Å². The zero-order valence-electron chi connectivity index (χ0n) is 12.3. The quantitative estimate of drug-likeness (QED) is 0.716. The molecule has 0 fully saturated rings. The molecular formula is C15H18BrNO5. The Morgan fingerprint density at radius 1 is 1.36 bits per heavy atom. The van der Waals surface area contributed by atoms with Gasteiger partial charge in [0.25, 0.3) is 5.91 Å². The third kappa shape index (κ3) is 5.48. The molecule has 0 spiro atoms. The van der Waals surface area contributed by atoms with Crippen molar-refractivity contribution in [2.24, 2.45) is 5.92 Å². The van der Waals surface area contributed by atoms with Gasteiger partial charge in [-0.2, -0.15) is 0 Å². The largest absolute Gasteiger partial charge is 0.480 e. The van der Waals surface area contributed by atoms with Gasteiger partial charge < -0.3 is 15.2 Å². The number of carbonyl (C=O) groups excluding carboxylic acids is 2. The van der Waals surface area contributed by atoms with Gasteiger partial charge in [0.15, 0.2) is 0 Å². The average molecular weight is 372 g/mol. The summed E-state index contributed by atoms with van der Waals surface area (Å²) in [5.74, 6) is -2.78. The van der Waals surface area contributed by atoms with Gasteiger partial charge in [0.05, 0.1) is 13.0 Å². The number of nitrogens with one attached hydrogen (secondary N) is 1. The second-order valence-electron chi connectivity index (χ2n) is 4.79. The molecule has 0 heterocycles. The predicted octanol–water partition coefficient (Wildman–Crippen LogP) is 2.22. The van der Waals surface area contributed by atoms with E-state index in [4.69, 9.17) is 4.74 Å². The molecule has 7 heteroatoms. The van der Waals surface area contributed by atoms with Crippen molar-refractivity contribution in [3.63, 3.8) is 0 Å². The summed E-state index contributed by atoms with van der Waals surface area (Å²) >= 11 is 3.25. The van der Waals surface area contributed by atoms with Crippen molar-refractivity contribution in [3.05, 3.63) is 34.3 Å². The van der Waals surface area contributed by atoms with Gasteiger partial charge in [0.1, 0.15) is 6.04 Å². The highest BCUT2D eigenvalue weighted by molar-refractivity contribution is 9.10. The summed E-state index contributed by atoms with van der Waals surface area (Å²) in [6, 6.07) is 5.43. The highest BCUT2D eigenvalue weighted by Crippen LogP contribution is 2.14. The van der Waals surface area contributed by atoms with Crippen molar-refractivity contribution < 1.29 is 24.2 Å². The van der Waals surface area contributed by atoms with E-state index in [0.717, 1.165) is 0 Å². The van der Waals surface area contributed by atoms with Crippen molar-refractivity contribution in [2.75, 3.05) is 6.61 Å². The van der Waals surface area contributed by atoms with Crippen LogP contribution in [-0.4, -0.2) is 35.6 Å². The zero-order chi connectivity index (χ0) is 16.7. The van der Waals surface area contributed by atoms with Gasteiger partial charge in [-0.15, -0.1) is 0 Å². The van der Waals surface area contributed by atoms with Crippen LogP contribution in [0, 0.1) is 5.92 Å². The number of carboxylic acids is 1. The molecule has 0 aliphatic rings. The summed E-state index contributed by atoms with van der Waals surface area (Å²) in [6.07, 6.45) is -0.0798. The molecular weight excluding hydrogens is 354 g/mol. The molecule has 0 aromatic heterocycles. The number of esters is 1. The summed E-state index contributed by atoms with van der Waals surface area (Å²) in [5, 5.41) is 11.7. The van der Waals surface area contributed by atoms with E-state index in [-0.39, 0.29) is 13.0 Å². The lowest BCUT2D eigenvalue weighted by atomic mass is 9.98. The lowest BCUT2D eigenvalue weighted by molar-refractivity contribution is -0.145. The van der Waals surface area contributed by atoms with Gasteiger partial charge >= 0.3 is 11.9 Å². The number of hydrogen-bond donors (Lipinski definition) is 2. The minimum atomic E-state index is -1.19. The first-order chi connectivity index (χ1) is 10.3. The lowest BCUT2D eigenvalue weighted by Gasteiger charge is -2.20. The maximum absolute atomic E-state index is 12.1. The Kier molecular flexibility index (Phi) is 7.04. The molecule has 1 aromatic carbocycles. The molecule has 0 aliphatic carbocycles. The number of rotatable bonds is 7. The van der Waals surface area contributed by atoms with Crippen LogP contribution < -0.4 is 5.32 Å². The number of ether oxygens (including phenoxy) is 1. The Bertz CT molecular complexity index is 561. The van der Waals surface area contributed by atoms with Gasteiger partial charge in [-0.3, -0.25) is 9.59 Å². The minimum Gasteiger partial charge on any atom is -0.480 e. The predicted molar refractivity (Wildman–Crippen MR) is 83.4 cm³/mol. The minimum absolute atomic E-state index is 0.0798. The molecule has 2 N–H and O–H groups in total. The van der Waals surface area contributed by atoms with Crippen LogP contribution in [0.4, 0.5) is 0 Å². The van der Waals surface area contributed by atoms with E-state index in [1.165, 1.54) is 0 Å². The van der Waals surface area contributed by atoms with Crippen LogP contribution in [-0.2, 0) is 14.3 Å². The number of halogens is 1. The second-order valence-corrected chi connectivity index (χ2v) is 5.70. The van der Waals surface area contributed by atoms with Crippen molar-refractivity contribution in [2.45, 2.75) is 26.3 Å². The third-order valence-corrected chi connectivity index (χ3v) is 3.50. The van der Waals surface area contributed by atoms with Crippen molar-refractivity contribution in [1.29, 1.82) is 0 Å². The fraction of sp³-hybridized carbons (Fsp3) is 0.400. The lowest BCUT2D eigenvalue weighted by Crippen LogP contribution is -2.45. The van der Waals surface area contributed by atoms with E-state index >= 15 is 0 Å². The van der Waals surface area contributed by atoms with E-state index in [2.05, 4.69) is 21.2 Å². The van der Waals surface area contributed by atoms with Gasteiger partial charge in [-0.1, -0.05) is 28.9 Å². The van der Waals surface area contributed by atoms with Crippen LogP contribution >= 0.6 is 15.9 Å². The van der Waals surface area contributed by atoms with E-state index < -0.39 is 29.8 Å². The molecule has 0 bridgehead atoms. The second kappa shape index (κ2) is 8.53. The zero-order valence-corrected chi connectivity index (χ0v) is 13.9. The first kappa shape index (κ1) is 18.2. The Morgan fingerprint density at radius 3 is 2.59 bits per heavy atom. The Morgan fingerprint density at radius 2 is 2.05 bits per heavy atom. The number of carboxylic acid groups (broad SMARTS) is 1. The number of aliphatic carboxylic acids is 1. The summed E-state index contributed by atoms with van der Waals surface area (Å²) in [4.78, 5) is 34.9. The number of benzene rings is 1. The molecule has 1 rings (SSSR count). The topological polar surface area (TPSA) is 92.7 Å². The molecule has 0 saturated carbocycles. The molecule has 22 heavy (non-hydrogen) atoms. The highest BCUT2D eigenvalue weighted by atomic mass is 79.9. The van der Waals surface area contributed by atoms with E-state index in [0.29, 0.717) is 10.0 Å². The van der Waals surface area contributed by atoms with Crippen LogP contribution in [0.2, 0.25) is 0 Å². The van der Waals surface area contributed by atoms with Crippen LogP contribution in [0.15, 0.2) is 28.7 Å². The third-order valence-electron chi connectivity index (χ3n) is 3.00. The molecule has 0 unspecified atom stereocenters. The molecule has 120 valence electrons. The SMILES string of the molecule is CCOC(=O)C[C@@H](C)[C@@H](NC(=O)c1cccc(Br)c1)C(=O)O. The van der Waals surface area contributed by atoms with Crippen LogP contribution in [0.1, 0.15) is 30.6 Å². The van der Waals surface area contributed by atoms with Crippen LogP contribution in [0.5, 0.6) is 0 Å². The Labute approximate surface area is 137 Å². The van der Waals surface area contributed by atoms with E-state index in [1.807, 2.05) is 0 Å². The Balaban J connectivity index is 2.77. The first-order valence-electron chi connectivity index (χ1n) is 6.80. The fourth-order valence-corrected chi connectivity index (χ4v) is 2.30. The van der Waals surface area contributed by atoms with Crippen molar-refractivity contribution in [3.8, 4) is 0 Å². The summed E-state index contributed by atoms with van der Waals surface area (Å²) < 4.78 is 5.51. The van der Waals surface area contributed by atoms with E-state index in [1.54, 1.807) is 38.1 Å². The van der Waals surface area contributed by atoms with Crippen molar-refractivity contribution >= 4 is 33.8 Å². The maximum atomic E-state index is 12.1. The Hall–Kier alpha value is -1.89. The molecule has 6 nitrogen and oxygen atoms in total. The fourth-order valence-electron chi connectivity index (χ4n) is 1.90. The maximum Gasteiger partial charge on any atom is 0.326 e. The highest BCUT2D eigenvalue weighted by Gasteiger charge is 2.29. The monoisotopic (exact) mass is 371 g/mol. The molecule has 0 radical (unpaired) electrons. The van der Waals surface area contributed by atoms with Crippen molar-refractivity contribution in [1.82, 2.24) is 5.32 Å². The standard InChI is InChI=1S/C15H18BrNO5/c1-3-22-12(18)7-9(2)13(15(20)21)17-14(19)10-5-4-6-11(16)8-10/h4-6,8-9,13H,3,7H2,1-2H3,(H,17,19)(H,20,21)/t9-,13-/m1/s1. The van der Waals surface area contributed by atoms with Crippen LogP contribution in [0.3, 0.4) is 0 Å². The molecule has 1 amide bonds. The number of carbonyl (C=O) groups is 3. The summed E-state index contributed by atoms with van der Waals surface area (Å²) in [5.41, 5.74) is 0.337. The average Bonchev–Trinajstić information content (AvgIpc) is 2.44.